The average molecular weight is 335 g/mol. The van der Waals surface area contributed by atoms with Gasteiger partial charge in [-0.25, -0.2) is 0 Å². The van der Waals surface area contributed by atoms with E-state index in [9.17, 15) is 9.90 Å². The molecular weight excluding hydrogens is 316 g/mol. The third kappa shape index (κ3) is 5.36. The zero-order valence-electron chi connectivity index (χ0n) is 12.8. The Morgan fingerprint density at radius 1 is 1.13 bits per heavy atom. The van der Waals surface area contributed by atoms with Gasteiger partial charge in [-0.2, -0.15) is 0 Å². The van der Waals surface area contributed by atoms with Crippen LogP contribution in [0.5, 0.6) is 0 Å². The van der Waals surface area contributed by atoms with Gasteiger partial charge in [-0.1, -0.05) is 60.1 Å². The maximum Gasteiger partial charge on any atom is 0.303 e. The summed E-state index contributed by atoms with van der Waals surface area (Å²) in [5.74, 6) is -0.489. The molecule has 0 aliphatic carbocycles. The zero-order chi connectivity index (χ0) is 16.7. The highest BCUT2D eigenvalue weighted by atomic mass is 35.5. The molecule has 2 unspecified atom stereocenters. The fourth-order valence-corrected chi connectivity index (χ4v) is 2.44. The highest BCUT2D eigenvalue weighted by Gasteiger charge is 2.26. The summed E-state index contributed by atoms with van der Waals surface area (Å²) in [6, 6.07) is 16.6. The molecule has 0 fully saturated rings. The largest absolute Gasteiger partial charge is 0.455 e. The molecule has 0 aliphatic heterocycles. The Hall–Kier alpha value is -1.88. The molecule has 4 nitrogen and oxygen atoms in total. The van der Waals surface area contributed by atoms with Gasteiger partial charge < -0.3 is 14.6 Å². The van der Waals surface area contributed by atoms with E-state index in [1.165, 1.54) is 6.92 Å². The highest BCUT2D eigenvalue weighted by molar-refractivity contribution is 6.31. The van der Waals surface area contributed by atoms with Gasteiger partial charge in [-0.15, -0.1) is 0 Å². The zero-order valence-corrected chi connectivity index (χ0v) is 13.6. The number of halogens is 1. The number of aliphatic hydroxyl groups excluding tert-OH is 1. The maximum absolute atomic E-state index is 11.3. The van der Waals surface area contributed by atoms with E-state index in [1.807, 2.05) is 30.3 Å². The molecule has 0 radical (unpaired) electrons. The molecule has 5 heteroatoms. The van der Waals surface area contributed by atoms with Crippen molar-refractivity contribution in [2.75, 3.05) is 6.61 Å². The lowest BCUT2D eigenvalue weighted by Gasteiger charge is -2.23. The van der Waals surface area contributed by atoms with Crippen molar-refractivity contribution in [3.8, 4) is 0 Å². The first kappa shape index (κ1) is 17.5. The average Bonchev–Trinajstić information content (AvgIpc) is 2.54. The molecule has 0 amide bonds. The Morgan fingerprint density at radius 3 is 2.43 bits per heavy atom. The third-order valence-electron chi connectivity index (χ3n) is 3.25. The monoisotopic (exact) mass is 334 g/mol. The molecule has 1 N–H and O–H groups in total. The molecule has 0 aromatic heterocycles. The third-order valence-corrected chi connectivity index (χ3v) is 3.60. The first-order chi connectivity index (χ1) is 11.1. The van der Waals surface area contributed by atoms with Gasteiger partial charge in [0.15, 0.2) is 6.10 Å². The summed E-state index contributed by atoms with van der Waals surface area (Å²) in [5.41, 5.74) is 1.56. The molecule has 0 spiro atoms. The Labute approximate surface area is 140 Å². The lowest BCUT2D eigenvalue weighted by atomic mass is 10.0. The van der Waals surface area contributed by atoms with Crippen LogP contribution in [0.15, 0.2) is 54.6 Å². The molecular formula is C18H19ClO4. The molecule has 2 aromatic rings. The van der Waals surface area contributed by atoms with Crippen molar-refractivity contribution in [3.63, 3.8) is 0 Å². The predicted molar refractivity (Wildman–Crippen MR) is 88.1 cm³/mol. The highest BCUT2D eigenvalue weighted by Crippen LogP contribution is 2.28. The van der Waals surface area contributed by atoms with Crippen LogP contribution in [0, 0.1) is 0 Å². The summed E-state index contributed by atoms with van der Waals surface area (Å²) in [7, 11) is 0. The van der Waals surface area contributed by atoms with Crippen LogP contribution in [0.1, 0.15) is 24.2 Å². The molecule has 0 bridgehead atoms. The first-order valence-electron chi connectivity index (χ1n) is 7.29. The molecule has 122 valence electrons. The van der Waals surface area contributed by atoms with Crippen LogP contribution in [0.3, 0.4) is 0 Å². The van der Waals surface area contributed by atoms with Crippen LogP contribution in [0.2, 0.25) is 5.02 Å². The van der Waals surface area contributed by atoms with Crippen molar-refractivity contribution in [3.05, 3.63) is 70.7 Å². The molecule has 23 heavy (non-hydrogen) atoms. The van der Waals surface area contributed by atoms with Gasteiger partial charge in [0, 0.05) is 17.5 Å². The summed E-state index contributed by atoms with van der Waals surface area (Å²) in [6.07, 6.45) is -1.88. The number of carbonyl (C=O) groups is 1. The number of ether oxygens (including phenoxy) is 2. The fourth-order valence-electron chi connectivity index (χ4n) is 2.19. The van der Waals surface area contributed by atoms with Crippen LogP contribution < -0.4 is 0 Å². The smallest absolute Gasteiger partial charge is 0.303 e. The predicted octanol–water partition coefficient (Wildman–Crippen LogP) is 3.52. The summed E-state index contributed by atoms with van der Waals surface area (Å²) >= 11 is 6.13. The number of hydrogen-bond donors (Lipinski definition) is 1. The molecule has 2 atom stereocenters. The number of rotatable bonds is 7. The topological polar surface area (TPSA) is 55.8 Å². The SMILES string of the molecule is CC(=O)OC(c1ccccc1Cl)C(O)COCc1ccccc1. The van der Waals surface area contributed by atoms with E-state index < -0.39 is 18.2 Å². The van der Waals surface area contributed by atoms with Gasteiger partial charge in [0.1, 0.15) is 6.10 Å². The van der Waals surface area contributed by atoms with Crippen molar-refractivity contribution in [2.45, 2.75) is 25.7 Å². The van der Waals surface area contributed by atoms with Crippen molar-refractivity contribution >= 4 is 17.6 Å². The molecule has 0 heterocycles. The van der Waals surface area contributed by atoms with E-state index in [0.717, 1.165) is 5.56 Å². The van der Waals surface area contributed by atoms with Crippen molar-refractivity contribution in [2.24, 2.45) is 0 Å². The second-order valence-electron chi connectivity index (χ2n) is 5.12. The van der Waals surface area contributed by atoms with E-state index in [0.29, 0.717) is 17.2 Å². The lowest BCUT2D eigenvalue weighted by Crippen LogP contribution is -2.28. The Bertz CT molecular complexity index is 630. The number of hydrogen-bond acceptors (Lipinski definition) is 4. The minimum absolute atomic E-state index is 0.0259. The second-order valence-corrected chi connectivity index (χ2v) is 5.53. The molecule has 0 saturated carbocycles. The summed E-state index contributed by atoms with van der Waals surface area (Å²) in [6.45, 7) is 1.69. The number of aliphatic hydroxyl groups is 1. The Balaban J connectivity index is 2.01. The van der Waals surface area contributed by atoms with Gasteiger partial charge in [0.2, 0.25) is 0 Å². The second kappa shape index (κ2) is 8.67. The molecule has 0 aliphatic rings. The quantitative estimate of drug-likeness (QED) is 0.787. The first-order valence-corrected chi connectivity index (χ1v) is 7.67. The summed E-state index contributed by atoms with van der Waals surface area (Å²) in [5, 5.41) is 10.8. The summed E-state index contributed by atoms with van der Waals surface area (Å²) < 4.78 is 10.7. The van der Waals surface area contributed by atoms with Crippen LogP contribution in [-0.2, 0) is 20.9 Å². The summed E-state index contributed by atoms with van der Waals surface area (Å²) in [4.78, 5) is 11.3. The molecule has 2 aromatic carbocycles. The van der Waals surface area contributed by atoms with Crippen LogP contribution in [0.4, 0.5) is 0 Å². The Morgan fingerprint density at radius 2 is 1.78 bits per heavy atom. The van der Waals surface area contributed by atoms with Gasteiger partial charge in [-0.3, -0.25) is 4.79 Å². The fraction of sp³-hybridized carbons (Fsp3) is 0.278. The molecule has 2 rings (SSSR count). The van der Waals surface area contributed by atoms with E-state index in [4.69, 9.17) is 21.1 Å². The maximum atomic E-state index is 11.3. The lowest BCUT2D eigenvalue weighted by molar-refractivity contribution is -0.155. The van der Waals surface area contributed by atoms with Crippen LogP contribution in [0.25, 0.3) is 0 Å². The standard InChI is InChI=1S/C18H19ClO4/c1-13(20)23-18(15-9-5-6-10-16(15)19)17(21)12-22-11-14-7-3-2-4-8-14/h2-10,17-18,21H,11-12H2,1H3. The minimum Gasteiger partial charge on any atom is -0.455 e. The van der Waals surface area contributed by atoms with Crippen molar-refractivity contribution < 1.29 is 19.4 Å². The Kier molecular flexibility index (Phi) is 6.59. The van der Waals surface area contributed by atoms with Crippen LogP contribution in [-0.4, -0.2) is 23.8 Å². The van der Waals surface area contributed by atoms with Crippen LogP contribution >= 0.6 is 11.6 Å². The van der Waals surface area contributed by atoms with E-state index >= 15 is 0 Å². The van der Waals surface area contributed by atoms with Gasteiger partial charge in [-0.05, 0) is 11.6 Å². The van der Waals surface area contributed by atoms with E-state index in [1.54, 1.807) is 24.3 Å². The minimum atomic E-state index is -1.01. The number of carbonyl (C=O) groups excluding carboxylic acids is 1. The van der Waals surface area contributed by atoms with E-state index in [-0.39, 0.29) is 6.61 Å². The number of esters is 1. The van der Waals surface area contributed by atoms with E-state index in [2.05, 4.69) is 0 Å². The van der Waals surface area contributed by atoms with Gasteiger partial charge in [0.25, 0.3) is 0 Å². The van der Waals surface area contributed by atoms with Crippen molar-refractivity contribution in [1.82, 2.24) is 0 Å². The van der Waals surface area contributed by atoms with Crippen molar-refractivity contribution in [1.29, 1.82) is 0 Å². The normalized spacial score (nSPS) is 13.3. The van der Waals surface area contributed by atoms with Gasteiger partial charge >= 0.3 is 5.97 Å². The molecule has 0 saturated heterocycles. The number of benzene rings is 2. The van der Waals surface area contributed by atoms with Gasteiger partial charge in [0.05, 0.1) is 13.2 Å².